The third kappa shape index (κ3) is 4.67. The number of methoxy groups -OCH3 is 2. The van der Waals surface area contributed by atoms with Crippen LogP contribution in [0.15, 0.2) is 22.7 Å². The van der Waals surface area contributed by atoms with Crippen molar-refractivity contribution in [3.63, 3.8) is 0 Å². The maximum Gasteiger partial charge on any atom is 0.250 e. The van der Waals surface area contributed by atoms with E-state index in [4.69, 9.17) is 9.47 Å². The molecule has 1 N–H and O–H groups in total. The Morgan fingerprint density at radius 2 is 2.00 bits per heavy atom. The highest BCUT2D eigenvalue weighted by Crippen LogP contribution is 2.36. The number of rotatable bonds is 6. The summed E-state index contributed by atoms with van der Waals surface area (Å²) in [5.74, 6) is 0.730. The van der Waals surface area contributed by atoms with Crippen LogP contribution in [-0.2, 0) is 4.79 Å². The minimum atomic E-state index is -0.338. The fourth-order valence-electron chi connectivity index (χ4n) is 2.13. The van der Waals surface area contributed by atoms with Crippen LogP contribution in [0, 0.1) is 6.92 Å². The van der Waals surface area contributed by atoms with Crippen LogP contribution in [0.4, 0.5) is 5.13 Å². The SMILES string of the molecule is COc1cc(C=CC(=O)Nc2nc(C)c(C(C)=O)s2)cc(Br)c1OC. The number of amides is 1. The Labute approximate surface area is 158 Å². The number of ether oxygens (including phenoxy) is 2. The minimum Gasteiger partial charge on any atom is -0.493 e. The highest BCUT2D eigenvalue weighted by atomic mass is 79.9. The largest absolute Gasteiger partial charge is 0.493 e. The first kappa shape index (κ1) is 19.1. The molecule has 25 heavy (non-hydrogen) atoms. The molecule has 0 saturated carbocycles. The summed E-state index contributed by atoms with van der Waals surface area (Å²) < 4.78 is 11.2. The molecule has 132 valence electrons. The molecule has 1 heterocycles. The van der Waals surface area contributed by atoms with E-state index >= 15 is 0 Å². The first-order chi connectivity index (χ1) is 11.8. The van der Waals surface area contributed by atoms with E-state index < -0.39 is 0 Å². The van der Waals surface area contributed by atoms with Gasteiger partial charge in [0.2, 0.25) is 5.91 Å². The second-order valence-electron chi connectivity index (χ2n) is 5.05. The molecule has 0 fully saturated rings. The van der Waals surface area contributed by atoms with Crippen LogP contribution in [0.2, 0.25) is 0 Å². The number of hydrogen-bond acceptors (Lipinski definition) is 6. The molecule has 2 rings (SSSR count). The number of nitrogens with one attached hydrogen (secondary N) is 1. The molecule has 2 aromatic rings. The van der Waals surface area contributed by atoms with Gasteiger partial charge in [0.1, 0.15) is 0 Å². The number of Topliss-reactive ketones (excluding diaryl/α,β-unsaturated/α-hetero) is 1. The predicted octanol–water partition coefficient (Wildman–Crippen LogP) is 4.09. The van der Waals surface area contributed by atoms with Crippen molar-refractivity contribution in [3.05, 3.63) is 38.8 Å². The summed E-state index contributed by atoms with van der Waals surface area (Å²) in [6, 6.07) is 3.57. The second-order valence-corrected chi connectivity index (χ2v) is 6.90. The Balaban J connectivity index is 2.14. The summed E-state index contributed by atoms with van der Waals surface area (Å²) in [6.07, 6.45) is 3.03. The maximum absolute atomic E-state index is 12.1. The van der Waals surface area contributed by atoms with E-state index in [0.717, 1.165) is 21.4 Å². The molecule has 1 aromatic heterocycles. The Kier molecular flexibility index (Phi) is 6.33. The van der Waals surface area contributed by atoms with Gasteiger partial charge >= 0.3 is 0 Å². The van der Waals surface area contributed by atoms with E-state index in [1.54, 1.807) is 33.3 Å². The van der Waals surface area contributed by atoms with Crippen molar-refractivity contribution in [2.45, 2.75) is 13.8 Å². The highest BCUT2D eigenvalue weighted by molar-refractivity contribution is 9.10. The van der Waals surface area contributed by atoms with Gasteiger partial charge in [-0.3, -0.25) is 14.9 Å². The number of nitrogens with zero attached hydrogens (tertiary/aromatic N) is 1. The van der Waals surface area contributed by atoms with Gasteiger partial charge in [-0.15, -0.1) is 0 Å². The molecule has 0 bridgehead atoms. The Hall–Kier alpha value is -2.19. The zero-order valence-corrected chi connectivity index (χ0v) is 16.6. The lowest BCUT2D eigenvalue weighted by Crippen LogP contribution is -2.07. The number of benzene rings is 1. The lowest BCUT2D eigenvalue weighted by atomic mass is 10.2. The van der Waals surface area contributed by atoms with Crippen LogP contribution in [0.3, 0.4) is 0 Å². The molecule has 1 amide bonds. The molecule has 0 atom stereocenters. The second kappa shape index (κ2) is 8.26. The number of ketones is 1. The van der Waals surface area contributed by atoms with E-state index in [-0.39, 0.29) is 11.7 Å². The van der Waals surface area contributed by atoms with Crippen molar-refractivity contribution in [1.29, 1.82) is 0 Å². The number of aromatic nitrogens is 1. The third-order valence-electron chi connectivity index (χ3n) is 3.23. The van der Waals surface area contributed by atoms with Crippen LogP contribution < -0.4 is 14.8 Å². The summed E-state index contributed by atoms with van der Waals surface area (Å²) in [5.41, 5.74) is 1.38. The summed E-state index contributed by atoms with van der Waals surface area (Å²) in [5, 5.41) is 3.05. The summed E-state index contributed by atoms with van der Waals surface area (Å²) >= 11 is 4.56. The normalized spacial score (nSPS) is 10.8. The van der Waals surface area contributed by atoms with Gasteiger partial charge < -0.3 is 9.47 Å². The lowest BCUT2D eigenvalue weighted by molar-refractivity contribution is -0.111. The third-order valence-corrected chi connectivity index (χ3v) is 4.99. The molecule has 0 aliphatic rings. The van der Waals surface area contributed by atoms with Crippen molar-refractivity contribution in [2.75, 3.05) is 19.5 Å². The van der Waals surface area contributed by atoms with Gasteiger partial charge in [0.15, 0.2) is 22.4 Å². The zero-order valence-electron chi connectivity index (χ0n) is 14.2. The first-order valence-corrected chi connectivity index (χ1v) is 8.85. The molecule has 8 heteroatoms. The number of aryl methyl sites for hydroxylation is 1. The molecule has 0 aliphatic carbocycles. The Bertz CT molecular complexity index is 845. The fourth-order valence-corrected chi connectivity index (χ4v) is 3.62. The minimum absolute atomic E-state index is 0.0683. The van der Waals surface area contributed by atoms with Gasteiger partial charge in [0, 0.05) is 13.0 Å². The highest BCUT2D eigenvalue weighted by Gasteiger charge is 2.13. The summed E-state index contributed by atoms with van der Waals surface area (Å²) in [7, 11) is 3.10. The quantitative estimate of drug-likeness (QED) is 0.558. The standard InChI is InChI=1S/C17H17BrN2O4S/c1-9-16(10(2)21)25-17(19-9)20-14(22)6-5-11-7-12(18)15(24-4)13(8-11)23-3/h5-8H,1-4H3,(H,19,20,22). The molecule has 0 spiro atoms. The molecular weight excluding hydrogens is 408 g/mol. The summed E-state index contributed by atoms with van der Waals surface area (Å²) in [6.45, 7) is 3.21. The maximum atomic E-state index is 12.1. The molecule has 0 radical (unpaired) electrons. The van der Waals surface area contributed by atoms with Crippen molar-refractivity contribution in [3.8, 4) is 11.5 Å². The number of thiazole rings is 1. The Morgan fingerprint density at radius 1 is 1.28 bits per heavy atom. The van der Waals surface area contributed by atoms with Gasteiger partial charge in [-0.1, -0.05) is 11.3 Å². The van der Waals surface area contributed by atoms with E-state index in [1.165, 1.54) is 13.0 Å². The average molecular weight is 425 g/mol. The monoisotopic (exact) mass is 424 g/mol. The van der Waals surface area contributed by atoms with Crippen LogP contribution in [0.25, 0.3) is 6.08 Å². The zero-order chi connectivity index (χ0) is 18.6. The van der Waals surface area contributed by atoms with Crippen molar-refractivity contribution in [1.82, 2.24) is 4.98 Å². The van der Waals surface area contributed by atoms with Crippen molar-refractivity contribution < 1.29 is 19.1 Å². The topological polar surface area (TPSA) is 77.5 Å². The van der Waals surface area contributed by atoms with Crippen LogP contribution in [-0.4, -0.2) is 30.9 Å². The van der Waals surface area contributed by atoms with E-state index in [1.807, 2.05) is 6.07 Å². The average Bonchev–Trinajstić information content (AvgIpc) is 2.92. The molecule has 0 unspecified atom stereocenters. The number of hydrogen-bond donors (Lipinski definition) is 1. The first-order valence-electron chi connectivity index (χ1n) is 7.24. The van der Waals surface area contributed by atoms with E-state index in [0.29, 0.717) is 27.2 Å². The van der Waals surface area contributed by atoms with Gasteiger partial charge in [0.25, 0.3) is 0 Å². The van der Waals surface area contributed by atoms with E-state index in [2.05, 4.69) is 26.2 Å². The van der Waals surface area contributed by atoms with Gasteiger partial charge in [0.05, 0.1) is 29.3 Å². The fraction of sp³-hybridized carbons (Fsp3) is 0.235. The number of carbonyl (C=O) groups is 2. The van der Waals surface area contributed by atoms with Crippen molar-refractivity contribution in [2.24, 2.45) is 0 Å². The number of carbonyl (C=O) groups excluding carboxylic acids is 2. The molecule has 1 aromatic carbocycles. The number of anilines is 1. The van der Waals surface area contributed by atoms with Crippen LogP contribution in [0.1, 0.15) is 27.9 Å². The summed E-state index contributed by atoms with van der Waals surface area (Å²) in [4.78, 5) is 28.2. The molecule has 0 saturated heterocycles. The smallest absolute Gasteiger partial charge is 0.250 e. The Morgan fingerprint density at radius 3 is 2.56 bits per heavy atom. The van der Waals surface area contributed by atoms with Gasteiger partial charge in [-0.05, 0) is 46.6 Å². The number of halogens is 1. The lowest BCUT2D eigenvalue weighted by Gasteiger charge is -2.10. The van der Waals surface area contributed by atoms with Crippen LogP contribution in [0.5, 0.6) is 11.5 Å². The predicted molar refractivity (Wildman–Crippen MR) is 102 cm³/mol. The molecular formula is C17H17BrN2O4S. The van der Waals surface area contributed by atoms with Crippen LogP contribution >= 0.6 is 27.3 Å². The van der Waals surface area contributed by atoms with E-state index in [9.17, 15) is 9.59 Å². The molecule has 0 aliphatic heterocycles. The molecule has 6 nitrogen and oxygen atoms in total. The van der Waals surface area contributed by atoms with Crippen molar-refractivity contribution >= 4 is 50.2 Å². The van der Waals surface area contributed by atoms with Gasteiger partial charge in [-0.25, -0.2) is 4.98 Å². The van der Waals surface area contributed by atoms with Gasteiger partial charge in [-0.2, -0.15) is 0 Å².